The molecule has 13 heteroatoms. The number of carbonyl (C=O) groups is 2. The molecule has 2 aliphatic rings. The zero-order chi connectivity index (χ0) is 36.9. The molecule has 0 spiro atoms. The van der Waals surface area contributed by atoms with Crippen molar-refractivity contribution >= 4 is 39.0 Å². The molecular weight excluding hydrogens is 660 g/mol. The van der Waals surface area contributed by atoms with E-state index in [4.69, 9.17) is 13.9 Å². The van der Waals surface area contributed by atoms with E-state index in [2.05, 4.69) is 10.6 Å². The van der Waals surface area contributed by atoms with Crippen LogP contribution in [0.25, 0.3) is 33.4 Å². The van der Waals surface area contributed by atoms with Crippen LogP contribution in [0.5, 0.6) is 0 Å². The first-order valence-electron chi connectivity index (χ1n) is 16.7. The number of carbonyl (C=O) groups excluding carboxylic acids is 2. The van der Waals surface area contributed by atoms with Crippen molar-refractivity contribution < 1.29 is 36.5 Å². The molecule has 0 fully saturated rings. The van der Waals surface area contributed by atoms with Crippen molar-refractivity contribution in [2.24, 2.45) is 0 Å². The molecule has 270 valence electrons. The number of nitrogens with one attached hydrogen (secondary N) is 2. The lowest BCUT2D eigenvalue weighted by molar-refractivity contribution is 0.136. The maximum Gasteiger partial charge on any atom is 0.407 e. The molecule has 0 bridgehead atoms. The van der Waals surface area contributed by atoms with Crippen LogP contribution >= 0.6 is 0 Å². The zero-order valence-corrected chi connectivity index (χ0v) is 30.9. The average molecular weight is 710 g/mol. The standard InChI is InChI=1S/C37H48N4O8S/c1-9-40(19-21-47-34(42)38-36(3,4)5)25-15-17-27-30(23-25)49-31-24-26(41(10-2)20-22-48-35(43)39-37(6,7)8)16-18-28(31)33(27)29-13-11-12-14-32(29)50(44,45)46/h11-18,23-24H,9-10,19-22H2,1-8H3,(H2-,38,39,42,43,44,45,46)/p+1. The van der Waals surface area contributed by atoms with Crippen molar-refractivity contribution in [1.29, 1.82) is 0 Å². The number of likely N-dealkylation sites (N-methyl/N-ethyl adjacent to an activating group) is 2. The molecular formula is C37H49N4O8S+. The van der Waals surface area contributed by atoms with E-state index in [0.717, 1.165) is 11.0 Å². The second kappa shape index (κ2) is 15.5. The van der Waals surface area contributed by atoms with E-state index in [1.807, 2.05) is 101 Å². The van der Waals surface area contributed by atoms with Crippen LogP contribution in [0.3, 0.4) is 0 Å². The summed E-state index contributed by atoms with van der Waals surface area (Å²) in [4.78, 5) is 26.3. The van der Waals surface area contributed by atoms with E-state index in [-0.39, 0.29) is 18.1 Å². The fourth-order valence-electron chi connectivity index (χ4n) is 5.57. The molecule has 3 N–H and O–H groups in total. The average Bonchev–Trinajstić information content (AvgIpc) is 3.01. The molecule has 1 aliphatic carbocycles. The summed E-state index contributed by atoms with van der Waals surface area (Å²) < 4.78 is 54.7. The number of benzene rings is 3. The largest absolute Gasteiger partial charge is 0.456 e. The Bertz CT molecular complexity index is 1990. The zero-order valence-electron chi connectivity index (χ0n) is 30.1. The van der Waals surface area contributed by atoms with Gasteiger partial charge in [0.05, 0.1) is 12.6 Å². The number of ether oxygens (including phenoxy) is 2. The highest BCUT2D eigenvalue weighted by atomic mass is 32.2. The quantitative estimate of drug-likeness (QED) is 0.0951. The summed E-state index contributed by atoms with van der Waals surface area (Å²) in [6.45, 7) is 17.7. The lowest BCUT2D eigenvalue weighted by Gasteiger charge is -2.25. The summed E-state index contributed by atoms with van der Waals surface area (Å²) in [6, 6.07) is 17.6. The minimum atomic E-state index is -4.57. The molecule has 2 amide bonds. The Labute approximate surface area is 294 Å². The summed E-state index contributed by atoms with van der Waals surface area (Å²) in [7, 11) is -4.57. The summed E-state index contributed by atoms with van der Waals surface area (Å²) in [5.74, 6) is 0.488. The molecule has 0 atom stereocenters. The summed E-state index contributed by atoms with van der Waals surface area (Å²) in [5, 5.41) is 7.03. The molecule has 1 aliphatic heterocycles. The van der Waals surface area contributed by atoms with Crippen LogP contribution in [0.4, 0.5) is 15.3 Å². The maximum absolute atomic E-state index is 12.6. The Morgan fingerprint density at radius 3 is 2.10 bits per heavy atom. The topological polar surface area (TPSA) is 150 Å². The molecule has 12 nitrogen and oxygen atoms in total. The van der Waals surface area contributed by atoms with Gasteiger partial charge >= 0.3 is 12.2 Å². The summed E-state index contributed by atoms with van der Waals surface area (Å²) >= 11 is 0. The second-order valence-electron chi connectivity index (χ2n) is 14.0. The van der Waals surface area contributed by atoms with E-state index in [1.54, 1.807) is 18.2 Å². The van der Waals surface area contributed by atoms with Gasteiger partial charge in [0.15, 0.2) is 13.2 Å². The second-order valence-corrected chi connectivity index (χ2v) is 15.4. The predicted octanol–water partition coefficient (Wildman–Crippen LogP) is 6.12. The van der Waals surface area contributed by atoms with Crippen molar-refractivity contribution in [2.45, 2.75) is 71.4 Å². The molecule has 2 aromatic carbocycles. The fraction of sp³-hybridized carbons (Fsp3) is 0.432. The first-order chi connectivity index (χ1) is 23.4. The van der Waals surface area contributed by atoms with E-state index >= 15 is 0 Å². The van der Waals surface area contributed by atoms with Crippen LogP contribution in [-0.2, 0) is 19.6 Å². The third kappa shape index (κ3) is 9.97. The normalized spacial score (nSPS) is 12.8. The summed E-state index contributed by atoms with van der Waals surface area (Å²) in [6.07, 6.45) is -0.986. The number of nitrogens with zero attached hydrogens (tertiary/aromatic N) is 2. The molecule has 0 unspecified atom stereocenters. The molecule has 0 aromatic heterocycles. The van der Waals surface area contributed by atoms with Crippen LogP contribution in [-0.4, -0.2) is 75.6 Å². The number of anilines is 1. The highest BCUT2D eigenvalue weighted by molar-refractivity contribution is 7.86. The minimum Gasteiger partial charge on any atom is -0.456 e. The van der Waals surface area contributed by atoms with E-state index in [1.165, 1.54) is 6.07 Å². The number of hydrogen-bond acceptors (Lipinski definition) is 8. The molecule has 2 aromatic rings. The maximum atomic E-state index is 12.6. The molecule has 4 rings (SSSR count). The van der Waals surface area contributed by atoms with Gasteiger partial charge in [0, 0.05) is 57.5 Å². The number of alkyl carbamates (subject to hydrolysis) is 2. The first kappa shape index (κ1) is 38.2. The van der Waals surface area contributed by atoms with Gasteiger partial charge in [0.25, 0.3) is 10.1 Å². The summed E-state index contributed by atoms with van der Waals surface area (Å²) in [5.41, 5.74) is 2.03. The highest BCUT2D eigenvalue weighted by Crippen LogP contribution is 2.42. The Kier molecular flexibility index (Phi) is 11.8. The Hall–Kier alpha value is -4.62. The van der Waals surface area contributed by atoms with Crippen molar-refractivity contribution in [3.8, 4) is 22.5 Å². The molecule has 0 radical (unpaired) electrons. The van der Waals surface area contributed by atoms with Gasteiger partial charge in [-0.05, 0) is 79.7 Å². The Balaban J connectivity index is 1.81. The van der Waals surface area contributed by atoms with Crippen LogP contribution in [0.15, 0.2) is 70.0 Å². The van der Waals surface area contributed by atoms with Crippen molar-refractivity contribution in [2.75, 3.05) is 44.3 Å². The van der Waals surface area contributed by atoms with Gasteiger partial charge in [0.1, 0.15) is 29.4 Å². The van der Waals surface area contributed by atoms with Gasteiger partial charge in [-0.15, -0.1) is 0 Å². The predicted molar refractivity (Wildman–Crippen MR) is 195 cm³/mol. The first-order valence-corrected chi connectivity index (χ1v) is 18.1. The molecule has 0 saturated carbocycles. The van der Waals surface area contributed by atoms with Gasteiger partial charge < -0.3 is 29.4 Å². The van der Waals surface area contributed by atoms with Gasteiger partial charge in [-0.2, -0.15) is 8.42 Å². The number of fused-ring (bicyclic) bond motifs is 2. The minimum absolute atomic E-state index is 0.160. The Morgan fingerprint density at radius 1 is 0.860 bits per heavy atom. The lowest BCUT2D eigenvalue weighted by atomic mass is 9.93. The molecule has 1 heterocycles. The third-order valence-electron chi connectivity index (χ3n) is 7.76. The van der Waals surface area contributed by atoms with E-state index in [0.29, 0.717) is 59.6 Å². The number of hydrogen-bond donors (Lipinski definition) is 3. The van der Waals surface area contributed by atoms with Crippen LogP contribution < -0.4 is 25.5 Å². The highest BCUT2D eigenvalue weighted by Gasteiger charge is 2.25. The fourth-order valence-corrected chi connectivity index (χ4v) is 6.27. The van der Waals surface area contributed by atoms with E-state index < -0.39 is 33.4 Å². The van der Waals surface area contributed by atoms with Crippen molar-refractivity contribution in [3.63, 3.8) is 0 Å². The van der Waals surface area contributed by atoms with Crippen LogP contribution in [0.1, 0.15) is 55.4 Å². The molecule has 50 heavy (non-hydrogen) atoms. The van der Waals surface area contributed by atoms with Crippen molar-refractivity contribution in [1.82, 2.24) is 15.2 Å². The van der Waals surface area contributed by atoms with Crippen molar-refractivity contribution in [3.05, 3.63) is 66.0 Å². The van der Waals surface area contributed by atoms with Gasteiger partial charge in [-0.3, -0.25) is 4.55 Å². The monoisotopic (exact) mass is 709 g/mol. The number of amides is 2. The van der Waals surface area contributed by atoms with Crippen LogP contribution in [0, 0.1) is 0 Å². The number of rotatable bonds is 11. The van der Waals surface area contributed by atoms with Gasteiger partial charge in [-0.25, -0.2) is 14.2 Å². The SMILES string of the molecule is CCN(CCOC(=O)NC(C)(C)C)c1ccc2c(-c3ccccc3S(=O)(=O)O)c3cc/c(=[N+](/CC)CCOC(=O)NC(C)(C)C)cc-3oc2c1. The Morgan fingerprint density at radius 2 is 1.50 bits per heavy atom. The van der Waals surface area contributed by atoms with Gasteiger partial charge in [-0.1, -0.05) is 18.2 Å². The molecule has 0 saturated heterocycles. The smallest absolute Gasteiger partial charge is 0.407 e. The van der Waals surface area contributed by atoms with Gasteiger partial charge in [0.2, 0.25) is 5.36 Å². The van der Waals surface area contributed by atoms with Crippen LogP contribution in [0.2, 0.25) is 0 Å². The third-order valence-corrected chi connectivity index (χ3v) is 8.67. The lowest BCUT2D eigenvalue weighted by Crippen LogP contribution is -2.42. The van der Waals surface area contributed by atoms with E-state index in [9.17, 15) is 22.6 Å².